The van der Waals surface area contributed by atoms with Crippen molar-refractivity contribution in [2.75, 3.05) is 0 Å². The van der Waals surface area contributed by atoms with E-state index in [1.807, 2.05) is 12.3 Å². The predicted octanol–water partition coefficient (Wildman–Crippen LogP) is 8.35. The minimum atomic E-state index is -0.181. The molecular weight excluding hydrogens is 469 g/mol. The van der Waals surface area contributed by atoms with Crippen molar-refractivity contribution in [1.29, 1.82) is 0 Å². The molecule has 1 aromatic heterocycles. The van der Waals surface area contributed by atoms with Crippen molar-refractivity contribution in [3.8, 4) is 0 Å². The quantitative estimate of drug-likeness (QED) is 0.332. The second kappa shape index (κ2) is 10.6. The van der Waals surface area contributed by atoms with E-state index in [-0.39, 0.29) is 20.8 Å². The van der Waals surface area contributed by atoms with Gasteiger partial charge in [-0.3, -0.25) is 4.98 Å². The van der Waals surface area contributed by atoms with Crippen molar-refractivity contribution in [3.63, 3.8) is 0 Å². The van der Waals surface area contributed by atoms with Crippen LogP contribution in [0.25, 0.3) is 16.5 Å². The van der Waals surface area contributed by atoms with Crippen LogP contribution in [0.5, 0.6) is 0 Å². The SMILES string of the molecule is CC1=C(c2ccccc2)C2CC(C)C(c3cccc4cccnc34)C2S1.[CH3-].[Cl][Cr+][Cl]. The molecule has 1 fully saturated rings. The third-order valence-electron chi connectivity index (χ3n) is 6.16. The molecule has 2 aromatic carbocycles. The summed E-state index contributed by atoms with van der Waals surface area (Å²) in [7, 11) is 9.65. The van der Waals surface area contributed by atoms with Gasteiger partial charge in [0.25, 0.3) is 0 Å². The molecule has 0 bridgehead atoms. The summed E-state index contributed by atoms with van der Waals surface area (Å²) < 4.78 is 0. The number of halogens is 2. The maximum atomic E-state index is 4.83. The van der Waals surface area contributed by atoms with Gasteiger partial charge in [0, 0.05) is 22.8 Å². The standard InChI is InChI=1S/C24H23NS.CH3.2ClH.Cr/c1-15-14-20-22(17-8-4-3-5-9-17)16(2)26-24(20)21(15)19-12-6-10-18-11-7-13-25-23(18)19;;;;/h3-13,15,20-21,24H,14H2,1-2H3;1H3;2*1H;/q;-1;;;+3/p-2. The fourth-order valence-corrected chi connectivity index (χ4v) is 6.91. The van der Waals surface area contributed by atoms with Crippen LogP contribution in [0.15, 0.2) is 71.8 Å². The molecule has 1 nitrogen and oxygen atoms in total. The molecule has 1 aliphatic heterocycles. The Kier molecular flexibility index (Phi) is 8.36. The molecule has 3 aromatic rings. The molecule has 4 unspecified atom stereocenters. The molecule has 2 aliphatic rings. The summed E-state index contributed by atoms with van der Waals surface area (Å²) in [6, 6.07) is 21.9. The van der Waals surface area contributed by atoms with E-state index in [0.717, 1.165) is 0 Å². The van der Waals surface area contributed by atoms with E-state index < -0.39 is 0 Å². The first kappa shape index (κ1) is 23.7. The van der Waals surface area contributed by atoms with Crippen LogP contribution in [0.2, 0.25) is 0 Å². The number of fused-ring (bicyclic) bond motifs is 2. The number of thioether (sulfide) groups is 1. The van der Waals surface area contributed by atoms with Crippen molar-refractivity contribution in [1.82, 2.24) is 4.98 Å². The van der Waals surface area contributed by atoms with Gasteiger partial charge in [0.05, 0.1) is 5.52 Å². The van der Waals surface area contributed by atoms with Crippen molar-refractivity contribution in [2.24, 2.45) is 11.8 Å². The number of para-hydroxylation sites is 1. The average Bonchev–Trinajstić information content (AvgIpc) is 3.21. The summed E-state index contributed by atoms with van der Waals surface area (Å²) >= 11 is 1.93. The van der Waals surface area contributed by atoms with Crippen molar-refractivity contribution < 1.29 is 13.4 Å². The zero-order valence-electron chi connectivity index (χ0n) is 17.4. The first-order valence-electron chi connectivity index (χ1n) is 9.81. The number of aromatic nitrogens is 1. The molecule has 5 heteroatoms. The number of hydrogen-bond donors (Lipinski definition) is 0. The van der Waals surface area contributed by atoms with Crippen molar-refractivity contribution in [2.45, 2.75) is 31.4 Å². The predicted molar refractivity (Wildman–Crippen MR) is 130 cm³/mol. The van der Waals surface area contributed by atoms with Crippen LogP contribution in [0.3, 0.4) is 0 Å². The van der Waals surface area contributed by atoms with E-state index in [4.69, 9.17) is 25.1 Å². The summed E-state index contributed by atoms with van der Waals surface area (Å²) in [5.41, 5.74) is 5.63. The van der Waals surface area contributed by atoms with Gasteiger partial charge in [-0.05, 0) is 52.9 Å². The molecule has 4 atom stereocenters. The molecule has 1 saturated carbocycles. The average molecular weight is 495 g/mol. The zero-order valence-corrected chi connectivity index (χ0v) is 21.0. The third-order valence-corrected chi connectivity index (χ3v) is 7.63. The summed E-state index contributed by atoms with van der Waals surface area (Å²) in [4.78, 5) is 6.26. The van der Waals surface area contributed by atoms with Crippen LogP contribution in [0, 0.1) is 19.3 Å². The van der Waals surface area contributed by atoms with Gasteiger partial charge in [-0.1, -0.05) is 61.5 Å². The monoisotopic (exact) mass is 494 g/mol. The van der Waals surface area contributed by atoms with Gasteiger partial charge in [-0.25, -0.2) is 0 Å². The Hall–Kier alpha value is -0.948. The van der Waals surface area contributed by atoms with Crippen molar-refractivity contribution in [3.05, 3.63) is 90.3 Å². The molecule has 0 spiro atoms. The molecule has 157 valence electrons. The molecule has 0 N–H and O–H groups in total. The zero-order chi connectivity index (χ0) is 20.4. The fraction of sp³-hybridized carbons (Fsp3) is 0.280. The molecule has 1 aliphatic carbocycles. The Bertz CT molecular complexity index is 1020. The Balaban J connectivity index is 0.000000606. The molecule has 0 amide bonds. The fourth-order valence-electron chi connectivity index (χ4n) is 5.14. The molecule has 30 heavy (non-hydrogen) atoms. The summed E-state index contributed by atoms with van der Waals surface area (Å²) in [5.74, 6) is 1.90. The number of benzene rings is 2. The van der Waals surface area contributed by atoms with Gasteiger partial charge >= 0.3 is 33.5 Å². The number of nitrogens with zero attached hydrogens (tertiary/aromatic N) is 1. The maximum absolute atomic E-state index is 4.83. The first-order chi connectivity index (χ1) is 14.2. The third kappa shape index (κ3) is 4.48. The Labute approximate surface area is 199 Å². The number of rotatable bonds is 2. The van der Waals surface area contributed by atoms with Crippen LogP contribution in [-0.4, -0.2) is 10.2 Å². The Morgan fingerprint density at radius 1 is 1.00 bits per heavy atom. The van der Waals surface area contributed by atoms with Crippen LogP contribution in [0.4, 0.5) is 0 Å². The Morgan fingerprint density at radius 2 is 1.70 bits per heavy atom. The van der Waals surface area contributed by atoms with Crippen molar-refractivity contribution >= 4 is 48.3 Å². The normalized spacial score (nSPS) is 24.7. The number of pyridine rings is 1. The molecule has 0 saturated heterocycles. The van der Waals surface area contributed by atoms with Crippen LogP contribution >= 0.6 is 31.9 Å². The summed E-state index contributed by atoms with van der Waals surface area (Å²) in [6.45, 7) is 4.75. The summed E-state index contributed by atoms with van der Waals surface area (Å²) in [6.07, 6.45) is 3.21. The molecular formula is C25H26Cl2CrNS. The van der Waals surface area contributed by atoms with E-state index >= 15 is 0 Å². The van der Waals surface area contributed by atoms with Gasteiger partial charge in [0.15, 0.2) is 0 Å². The Morgan fingerprint density at radius 3 is 2.43 bits per heavy atom. The van der Waals surface area contributed by atoms with Gasteiger partial charge in [0.1, 0.15) is 0 Å². The van der Waals surface area contributed by atoms with Gasteiger partial charge < -0.3 is 7.43 Å². The number of hydrogen-bond acceptors (Lipinski definition) is 2. The number of allylic oxidation sites excluding steroid dienone is 2. The van der Waals surface area contributed by atoms with Gasteiger partial charge in [-0.15, -0.1) is 11.8 Å². The molecule has 0 radical (unpaired) electrons. The second-order valence-corrected chi connectivity index (χ2v) is 11.2. The van der Waals surface area contributed by atoms with Crippen LogP contribution in [-0.2, 0) is 13.4 Å². The molecule has 2 heterocycles. The minimum absolute atomic E-state index is 0. The van der Waals surface area contributed by atoms with E-state index in [2.05, 4.69) is 80.2 Å². The second-order valence-electron chi connectivity index (χ2n) is 7.74. The van der Waals surface area contributed by atoms with E-state index in [9.17, 15) is 0 Å². The molecule has 5 rings (SSSR count). The van der Waals surface area contributed by atoms with Gasteiger partial charge in [0.2, 0.25) is 0 Å². The summed E-state index contributed by atoms with van der Waals surface area (Å²) in [5, 5.41) is 1.89. The van der Waals surface area contributed by atoms with E-state index in [1.165, 1.54) is 33.4 Å². The van der Waals surface area contributed by atoms with Crippen LogP contribution in [0.1, 0.15) is 37.3 Å². The topological polar surface area (TPSA) is 12.9 Å². The first-order valence-corrected chi connectivity index (χ1v) is 14.2. The van der Waals surface area contributed by atoms with Gasteiger partial charge in [-0.2, -0.15) is 0 Å². The van der Waals surface area contributed by atoms with Crippen LogP contribution < -0.4 is 0 Å². The van der Waals surface area contributed by atoms with E-state index in [0.29, 0.717) is 23.0 Å². The van der Waals surface area contributed by atoms with E-state index in [1.54, 1.807) is 5.57 Å².